The molecule has 4 nitrogen and oxygen atoms in total. The van der Waals surface area contributed by atoms with E-state index in [1.165, 1.54) is 33.2 Å². The van der Waals surface area contributed by atoms with Gasteiger partial charge in [0.25, 0.3) is 5.56 Å². The fraction of sp³-hybridized carbons (Fsp3) is 0.179. The van der Waals surface area contributed by atoms with Crippen molar-refractivity contribution in [3.8, 4) is 0 Å². The van der Waals surface area contributed by atoms with E-state index in [9.17, 15) is 9.90 Å². The highest BCUT2D eigenvalue weighted by molar-refractivity contribution is 7.17. The van der Waals surface area contributed by atoms with E-state index in [4.69, 9.17) is 0 Å². The Morgan fingerprint density at radius 1 is 0.970 bits per heavy atom. The lowest BCUT2D eigenvalue weighted by Gasteiger charge is -2.12. The molecule has 1 aliphatic carbocycles. The third kappa shape index (κ3) is 3.84. The third-order valence-corrected chi connectivity index (χ3v) is 7.57. The second-order valence-corrected chi connectivity index (χ2v) is 9.79. The molecule has 0 bridgehead atoms. The van der Waals surface area contributed by atoms with Crippen LogP contribution in [0.2, 0.25) is 0 Å². The van der Waals surface area contributed by atoms with E-state index in [-0.39, 0.29) is 5.56 Å². The fourth-order valence-corrected chi connectivity index (χ4v) is 5.85. The Labute approximate surface area is 195 Å². The van der Waals surface area contributed by atoms with E-state index in [0.717, 1.165) is 40.2 Å². The number of anilines is 1. The monoisotopic (exact) mass is 452 g/mol. The topological polar surface area (TPSA) is 53.7 Å². The largest absolute Gasteiger partial charge is 0.369 e. The number of benzene rings is 3. The number of hydrogen-bond donors (Lipinski definition) is 2. The predicted octanol–water partition coefficient (Wildman–Crippen LogP) is 6.09. The van der Waals surface area contributed by atoms with Crippen LogP contribution in [0.5, 0.6) is 0 Å². The highest BCUT2D eigenvalue weighted by Gasteiger charge is 2.30. The maximum atomic E-state index is 13.1. The summed E-state index contributed by atoms with van der Waals surface area (Å²) in [6.45, 7) is 0. The van der Waals surface area contributed by atoms with Crippen molar-refractivity contribution < 1.29 is 5.11 Å². The molecule has 5 heteroatoms. The van der Waals surface area contributed by atoms with Crippen LogP contribution in [0.1, 0.15) is 46.6 Å². The van der Waals surface area contributed by atoms with Crippen LogP contribution in [0.4, 0.5) is 5.69 Å². The summed E-state index contributed by atoms with van der Waals surface area (Å²) >= 11 is 1.51. The quantitative estimate of drug-likeness (QED) is 0.307. The Kier molecular flexibility index (Phi) is 5.01. The van der Waals surface area contributed by atoms with Gasteiger partial charge in [-0.3, -0.25) is 9.20 Å². The lowest BCUT2D eigenvalue weighted by molar-refractivity contribution is 0.212. The molecule has 2 heterocycles. The average Bonchev–Trinajstić information content (AvgIpc) is 3.56. The first-order valence-electron chi connectivity index (χ1n) is 11.3. The van der Waals surface area contributed by atoms with Crippen molar-refractivity contribution in [2.45, 2.75) is 31.4 Å². The zero-order valence-electron chi connectivity index (χ0n) is 18.1. The van der Waals surface area contributed by atoms with Crippen molar-refractivity contribution >= 4 is 32.6 Å². The number of para-hydroxylation sites is 1. The molecule has 6 rings (SSSR count). The molecular formula is C28H24N2O2S. The molecule has 5 aromatic rings. The molecule has 0 aliphatic heterocycles. The van der Waals surface area contributed by atoms with Crippen LogP contribution in [0.25, 0.3) is 15.6 Å². The number of fused-ring (bicyclic) bond motifs is 2. The molecule has 3 aromatic carbocycles. The standard InChI is InChI=1S/C28H24N2O2S/c31-25-16-21(15-20-9-6-8-18-7-4-5-12-23(18)20)26(19-13-14-19)28-30(25)17-24(33-28)27(32)29-22-10-2-1-3-11-22/h1-12,16-17,19,27,29,32H,13-15H2. The molecule has 0 radical (unpaired) electrons. The first kappa shape index (κ1) is 20.2. The molecule has 1 atom stereocenters. The lowest BCUT2D eigenvalue weighted by Crippen LogP contribution is -2.14. The van der Waals surface area contributed by atoms with Gasteiger partial charge in [0, 0.05) is 18.0 Å². The van der Waals surface area contributed by atoms with E-state index >= 15 is 0 Å². The van der Waals surface area contributed by atoms with E-state index < -0.39 is 6.23 Å². The Bertz CT molecular complexity index is 1510. The summed E-state index contributed by atoms with van der Waals surface area (Å²) in [6, 6.07) is 26.2. The van der Waals surface area contributed by atoms with Crippen molar-refractivity contribution in [3.05, 3.63) is 117 Å². The minimum Gasteiger partial charge on any atom is -0.369 e. The molecule has 2 aromatic heterocycles. The van der Waals surface area contributed by atoms with Crippen LogP contribution in [0, 0.1) is 0 Å². The molecule has 0 amide bonds. The molecular weight excluding hydrogens is 428 g/mol. The Morgan fingerprint density at radius 3 is 2.55 bits per heavy atom. The summed E-state index contributed by atoms with van der Waals surface area (Å²) in [5, 5.41) is 16.4. The molecule has 164 valence electrons. The van der Waals surface area contributed by atoms with Gasteiger partial charge in [0.15, 0.2) is 6.23 Å². The number of aliphatic hydroxyl groups excluding tert-OH is 1. The summed E-state index contributed by atoms with van der Waals surface area (Å²) in [5.74, 6) is 0.483. The van der Waals surface area contributed by atoms with E-state index in [1.807, 2.05) is 30.3 Å². The summed E-state index contributed by atoms with van der Waals surface area (Å²) in [6.07, 6.45) is 3.95. The van der Waals surface area contributed by atoms with Gasteiger partial charge in [-0.15, -0.1) is 11.3 Å². The highest BCUT2D eigenvalue weighted by atomic mass is 32.1. The number of rotatable bonds is 6. The fourth-order valence-electron chi connectivity index (χ4n) is 4.65. The molecule has 1 saturated carbocycles. The Balaban J connectivity index is 1.43. The zero-order chi connectivity index (χ0) is 22.4. The average molecular weight is 453 g/mol. The molecule has 1 fully saturated rings. The molecule has 0 spiro atoms. The Hall–Kier alpha value is -3.41. The van der Waals surface area contributed by atoms with Gasteiger partial charge in [-0.2, -0.15) is 0 Å². The van der Waals surface area contributed by atoms with E-state index in [0.29, 0.717) is 5.92 Å². The summed E-state index contributed by atoms with van der Waals surface area (Å²) in [4.78, 5) is 14.8. The molecule has 33 heavy (non-hydrogen) atoms. The predicted molar refractivity (Wildman–Crippen MR) is 135 cm³/mol. The maximum absolute atomic E-state index is 13.1. The number of hydrogen-bond acceptors (Lipinski definition) is 4. The number of aromatic nitrogens is 1. The third-order valence-electron chi connectivity index (χ3n) is 6.39. The van der Waals surface area contributed by atoms with E-state index in [1.54, 1.807) is 16.7 Å². The SMILES string of the molecule is O=c1cc(Cc2cccc3ccccc23)c(C2CC2)c2sc(C(O)Nc3ccccc3)cn12. The number of pyridine rings is 1. The highest BCUT2D eigenvalue weighted by Crippen LogP contribution is 2.45. The van der Waals surface area contributed by atoms with Gasteiger partial charge in [0.05, 0.1) is 4.88 Å². The van der Waals surface area contributed by atoms with Gasteiger partial charge in [-0.25, -0.2) is 0 Å². The summed E-state index contributed by atoms with van der Waals surface area (Å²) < 4.78 is 1.72. The normalized spacial score (nSPS) is 14.6. The minimum absolute atomic E-state index is 0.0425. The molecule has 2 N–H and O–H groups in total. The van der Waals surface area contributed by atoms with E-state index in [2.05, 4.69) is 47.8 Å². The van der Waals surface area contributed by atoms with Crippen molar-refractivity contribution in [2.24, 2.45) is 0 Å². The summed E-state index contributed by atoms with van der Waals surface area (Å²) in [5.41, 5.74) is 4.41. The number of nitrogens with zero attached hydrogens (tertiary/aromatic N) is 1. The van der Waals surface area contributed by atoms with Gasteiger partial charge in [-0.05, 0) is 64.8 Å². The van der Waals surface area contributed by atoms with Crippen LogP contribution in [0.3, 0.4) is 0 Å². The van der Waals surface area contributed by atoms with Crippen LogP contribution >= 0.6 is 11.3 Å². The summed E-state index contributed by atoms with van der Waals surface area (Å²) in [7, 11) is 0. The first-order valence-corrected chi connectivity index (χ1v) is 12.1. The van der Waals surface area contributed by atoms with Gasteiger partial charge < -0.3 is 10.4 Å². The Morgan fingerprint density at radius 2 is 1.73 bits per heavy atom. The van der Waals surface area contributed by atoms with Crippen molar-refractivity contribution in [1.29, 1.82) is 0 Å². The first-order chi connectivity index (χ1) is 16.2. The van der Waals surface area contributed by atoms with Gasteiger partial charge >= 0.3 is 0 Å². The maximum Gasteiger partial charge on any atom is 0.256 e. The molecule has 1 unspecified atom stereocenters. The smallest absolute Gasteiger partial charge is 0.256 e. The number of thiazole rings is 1. The molecule has 1 aliphatic rings. The van der Waals surface area contributed by atoms with Gasteiger partial charge in [0.1, 0.15) is 4.83 Å². The van der Waals surface area contributed by atoms with Crippen LogP contribution in [-0.4, -0.2) is 9.51 Å². The van der Waals surface area contributed by atoms with Crippen molar-refractivity contribution in [2.75, 3.05) is 5.32 Å². The zero-order valence-corrected chi connectivity index (χ0v) is 18.9. The van der Waals surface area contributed by atoms with Crippen LogP contribution in [-0.2, 0) is 6.42 Å². The number of aliphatic hydroxyl groups is 1. The second kappa shape index (κ2) is 8.18. The second-order valence-electron chi connectivity index (χ2n) is 8.73. The molecule has 0 saturated heterocycles. The van der Waals surface area contributed by atoms with Gasteiger partial charge in [-0.1, -0.05) is 60.7 Å². The van der Waals surface area contributed by atoms with Crippen LogP contribution in [0.15, 0.2) is 89.9 Å². The van der Waals surface area contributed by atoms with Crippen LogP contribution < -0.4 is 10.9 Å². The van der Waals surface area contributed by atoms with Crippen molar-refractivity contribution in [1.82, 2.24) is 4.40 Å². The minimum atomic E-state index is -0.870. The van der Waals surface area contributed by atoms with Crippen molar-refractivity contribution in [3.63, 3.8) is 0 Å². The lowest BCUT2D eigenvalue weighted by atomic mass is 9.95. The van der Waals surface area contributed by atoms with Gasteiger partial charge in [0.2, 0.25) is 0 Å². The number of nitrogens with one attached hydrogen (secondary N) is 1.